The summed E-state index contributed by atoms with van der Waals surface area (Å²) in [5.74, 6) is 0.267. The van der Waals surface area contributed by atoms with Crippen molar-refractivity contribution in [2.45, 2.75) is 26.3 Å². The van der Waals surface area contributed by atoms with Gasteiger partial charge >= 0.3 is 0 Å². The number of carbonyl (C=O) groups excluding carboxylic acids is 1. The molecule has 0 bridgehead atoms. The summed E-state index contributed by atoms with van der Waals surface area (Å²) in [6, 6.07) is 18.0. The maximum atomic E-state index is 13.4. The molecular formula is C22H22N4OS. The monoisotopic (exact) mass is 390 g/mol. The Labute approximate surface area is 168 Å². The van der Waals surface area contributed by atoms with E-state index in [-0.39, 0.29) is 5.91 Å². The van der Waals surface area contributed by atoms with Crippen molar-refractivity contribution in [1.82, 2.24) is 14.8 Å². The number of thiazole rings is 1. The van der Waals surface area contributed by atoms with Crippen LogP contribution < -0.4 is 4.90 Å². The van der Waals surface area contributed by atoms with E-state index in [1.807, 2.05) is 30.3 Å². The van der Waals surface area contributed by atoms with E-state index >= 15 is 0 Å². The number of anilines is 1. The van der Waals surface area contributed by atoms with Gasteiger partial charge in [0.2, 0.25) is 0 Å². The normalized spacial score (nSPS) is 11.3. The maximum absolute atomic E-state index is 13.4. The van der Waals surface area contributed by atoms with Crippen molar-refractivity contribution >= 4 is 32.6 Å². The van der Waals surface area contributed by atoms with Crippen LogP contribution in [0.5, 0.6) is 0 Å². The summed E-state index contributed by atoms with van der Waals surface area (Å²) in [7, 11) is 1.78. The molecule has 4 rings (SSSR count). The molecule has 142 valence electrons. The van der Waals surface area contributed by atoms with Gasteiger partial charge in [0, 0.05) is 13.2 Å². The van der Waals surface area contributed by atoms with Gasteiger partial charge in [0.1, 0.15) is 5.69 Å². The van der Waals surface area contributed by atoms with Crippen LogP contribution >= 0.6 is 11.3 Å². The molecule has 0 N–H and O–H groups in total. The van der Waals surface area contributed by atoms with Gasteiger partial charge in [-0.2, -0.15) is 5.10 Å². The van der Waals surface area contributed by atoms with E-state index in [0.29, 0.717) is 23.3 Å². The minimum Gasteiger partial charge on any atom is -0.278 e. The second-order valence-electron chi connectivity index (χ2n) is 7.06. The first-order valence-electron chi connectivity index (χ1n) is 9.28. The highest BCUT2D eigenvalue weighted by Gasteiger charge is 2.24. The number of para-hydroxylation sites is 1. The molecule has 28 heavy (non-hydrogen) atoms. The number of carbonyl (C=O) groups is 1. The van der Waals surface area contributed by atoms with Gasteiger partial charge < -0.3 is 0 Å². The molecule has 2 aromatic carbocycles. The fraction of sp³-hybridized carbons (Fsp3) is 0.227. The first kappa shape index (κ1) is 18.4. The molecule has 5 nitrogen and oxygen atoms in total. The lowest BCUT2D eigenvalue weighted by Gasteiger charge is -2.20. The van der Waals surface area contributed by atoms with Gasteiger partial charge in [-0.1, -0.05) is 67.6 Å². The lowest BCUT2D eigenvalue weighted by molar-refractivity contribution is 0.0976. The van der Waals surface area contributed by atoms with Crippen molar-refractivity contribution in [3.63, 3.8) is 0 Å². The Kier molecular flexibility index (Phi) is 4.96. The molecule has 0 saturated carbocycles. The Balaban J connectivity index is 1.81. The van der Waals surface area contributed by atoms with E-state index in [2.05, 4.69) is 37.1 Å². The van der Waals surface area contributed by atoms with Crippen LogP contribution in [0, 0.1) is 0 Å². The van der Waals surface area contributed by atoms with Gasteiger partial charge in [-0.3, -0.25) is 14.4 Å². The molecule has 0 fully saturated rings. The summed E-state index contributed by atoms with van der Waals surface area (Å²) >= 11 is 1.55. The van der Waals surface area contributed by atoms with E-state index in [9.17, 15) is 4.79 Å². The standard InChI is InChI=1S/C22H22N4OS/c1-15(2)17-10-7-11-19-20(17)24-22(28-19)26(14-16-8-5-4-6-9-16)21(27)18-12-13-23-25(18)3/h4-13,15H,14H2,1-3H3. The van der Waals surface area contributed by atoms with Crippen LogP contribution in [-0.2, 0) is 13.6 Å². The highest BCUT2D eigenvalue weighted by Crippen LogP contribution is 2.34. The summed E-state index contributed by atoms with van der Waals surface area (Å²) in [5.41, 5.74) is 3.78. The highest BCUT2D eigenvalue weighted by molar-refractivity contribution is 7.22. The molecule has 0 aliphatic carbocycles. The van der Waals surface area contributed by atoms with Crippen LogP contribution in [-0.4, -0.2) is 20.7 Å². The van der Waals surface area contributed by atoms with Gasteiger partial charge in [-0.15, -0.1) is 0 Å². The average Bonchev–Trinajstić information content (AvgIpc) is 3.31. The predicted octanol–water partition coefficient (Wildman–Crippen LogP) is 5.00. The van der Waals surface area contributed by atoms with Crippen molar-refractivity contribution in [1.29, 1.82) is 0 Å². The molecule has 0 unspecified atom stereocenters. The second kappa shape index (κ2) is 7.56. The molecule has 0 atom stereocenters. The number of rotatable bonds is 5. The van der Waals surface area contributed by atoms with Crippen LogP contribution in [0.2, 0.25) is 0 Å². The molecule has 6 heteroatoms. The zero-order valence-corrected chi connectivity index (χ0v) is 17.0. The third kappa shape index (κ3) is 3.43. The van der Waals surface area contributed by atoms with Crippen molar-refractivity contribution in [2.75, 3.05) is 4.90 Å². The van der Waals surface area contributed by atoms with Gasteiger partial charge in [-0.05, 0) is 29.2 Å². The van der Waals surface area contributed by atoms with Crippen LogP contribution in [0.25, 0.3) is 10.2 Å². The molecule has 2 heterocycles. The number of aryl methyl sites for hydroxylation is 1. The van der Waals surface area contributed by atoms with Crippen LogP contribution in [0.15, 0.2) is 60.8 Å². The van der Waals surface area contributed by atoms with E-state index in [0.717, 1.165) is 15.8 Å². The first-order chi connectivity index (χ1) is 13.5. The third-order valence-electron chi connectivity index (χ3n) is 4.76. The summed E-state index contributed by atoms with van der Waals surface area (Å²) in [5, 5.41) is 4.86. The zero-order valence-electron chi connectivity index (χ0n) is 16.2. The molecule has 0 aliphatic rings. The number of hydrogen-bond acceptors (Lipinski definition) is 4. The van der Waals surface area contributed by atoms with E-state index in [1.54, 1.807) is 40.2 Å². The number of fused-ring (bicyclic) bond motifs is 1. The fourth-order valence-corrected chi connectivity index (χ4v) is 4.25. The molecule has 0 spiro atoms. The van der Waals surface area contributed by atoms with Crippen LogP contribution in [0.3, 0.4) is 0 Å². The number of hydrogen-bond donors (Lipinski definition) is 0. The third-order valence-corrected chi connectivity index (χ3v) is 5.80. The van der Waals surface area contributed by atoms with Gasteiger partial charge in [0.25, 0.3) is 5.91 Å². The average molecular weight is 391 g/mol. The summed E-state index contributed by atoms with van der Waals surface area (Å²) in [6.07, 6.45) is 1.64. The van der Waals surface area contributed by atoms with Gasteiger partial charge in [0.05, 0.1) is 16.8 Å². The quantitative estimate of drug-likeness (QED) is 0.482. The minimum absolute atomic E-state index is 0.103. The molecule has 0 aliphatic heterocycles. The largest absolute Gasteiger partial charge is 0.278 e. The highest BCUT2D eigenvalue weighted by atomic mass is 32.1. The van der Waals surface area contributed by atoms with E-state index in [4.69, 9.17) is 4.98 Å². The molecule has 0 saturated heterocycles. The number of nitrogens with zero attached hydrogens (tertiary/aromatic N) is 4. The number of benzene rings is 2. The maximum Gasteiger partial charge on any atom is 0.278 e. The van der Waals surface area contributed by atoms with E-state index in [1.165, 1.54) is 5.56 Å². The van der Waals surface area contributed by atoms with Crippen molar-refractivity contribution in [3.8, 4) is 0 Å². The summed E-state index contributed by atoms with van der Waals surface area (Å²) in [4.78, 5) is 20.0. The zero-order chi connectivity index (χ0) is 19.7. The van der Waals surface area contributed by atoms with Gasteiger partial charge in [0.15, 0.2) is 5.13 Å². The Morgan fingerprint density at radius 2 is 1.89 bits per heavy atom. The predicted molar refractivity (Wildman–Crippen MR) is 114 cm³/mol. The van der Waals surface area contributed by atoms with Gasteiger partial charge in [-0.25, -0.2) is 4.98 Å². The number of amides is 1. The fourth-order valence-electron chi connectivity index (χ4n) is 3.25. The molecular weight excluding hydrogens is 368 g/mol. The molecule has 0 radical (unpaired) electrons. The summed E-state index contributed by atoms with van der Waals surface area (Å²) in [6.45, 7) is 4.79. The van der Waals surface area contributed by atoms with Crippen molar-refractivity contribution < 1.29 is 4.79 Å². The smallest absolute Gasteiger partial charge is 0.278 e. The molecule has 4 aromatic rings. The summed E-state index contributed by atoms with van der Waals surface area (Å²) < 4.78 is 2.70. The Morgan fingerprint density at radius 1 is 1.11 bits per heavy atom. The topological polar surface area (TPSA) is 51.0 Å². The Bertz CT molecular complexity index is 1110. The first-order valence-corrected chi connectivity index (χ1v) is 10.1. The minimum atomic E-state index is -0.103. The Morgan fingerprint density at radius 3 is 2.57 bits per heavy atom. The molecule has 1 amide bonds. The molecule has 2 aromatic heterocycles. The Hall–Kier alpha value is -2.99. The second-order valence-corrected chi connectivity index (χ2v) is 8.07. The number of aromatic nitrogens is 3. The SMILES string of the molecule is CC(C)c1cccc2sc(N(Cc3ccccc3)C(=O)c3ccnn3C)nc12. The van der Waals surface area contributed by atoms with Crippen LogP contribution in [0.1, 0.15) is 41.4 Å². The van der Waals surface area contributed by atoms with Crippen molar-refractivity contribution in [2.24, 2.45) is 7.05 Å². The lowest BCUT2D eigenvalue weighted by Crippen LogP contribution is -2.31. The lowest BCUT2D eigenvalue weighted by atomic mass is 10.0. The van der Waals surface area contributed by atoms with Crippen LogP contribution in [0.4, 0.5) is 5.13 Å². The van der Waals surface area contributed by atoms with Crippen molar-refractivity contribution in [3.05, 3.63) is 77.6 Å². The van der Waals surface area contributed by atoms with E-state index < -0.39 is 0 Å².